The molecule has 1 aliphatic heterocycles. The zero-order chi connectivity index (χ0) is 13.0. The summed E-state index contributed by atoms with van der Waals surface area (Å²) in [5.41, 5.74) is 0. The smallest absolute Gasteiger partial charge is 0.185 e. The summed E-state index contributed by atoms with van der Waals surface area (Å²) < 4.78 is 5.40. The van der Waals surface area contributed by atoms with E-state index in [-0.39, 0.29) is 0 Å². The largest absolute Gasteiger partial charge is 0.381 e. The second kappa shape index (κ2) is 6.50. The molecule has 0 amide bonds. The van der Waals surface area contributed by atoms with E-state index >= 15 is 0 Å². The molecule has 18 heavy (non-hydrogen) atoms. The van der Waals surface area contributed by atoms with Crippen molar-refractivity contribution in [2.75, 3.05) is 25.2 Å². The molecule has 0 aromatic carbocycles. The average molecular weight is 269 g/mol. The molecule has 5 heteroatoms. The van der Waals surface area contributed by atoms with E-state index < -0.39 is 0 Å². The van der Waals surface area contributed by atoms with E-state index in [1.54, 1.807) is 11.3 Å². The lowest BCUT2D eigenvalue weighted by Gasteiger charge is -2.30. The normalized spacial score (nSPS) is 17.3. The number of hydrogen-bond donors (Lipinski definition) is 1. The quantitative estimate of drug-likeness (QED) is 0.889. The highest BCUT2D eigenvalue weighted by atomic mass is 32.1. The van der Waals surface area contributed by atoms with Crippen LogP contribution in [0.25, 0.3) is 0 Å². The average Bonchev–Trinajstić information content (AvgIpc) is 2.85. The van der Waals surface area contributed by atoms with Crippen LogP contribution in [0.4, 0.5) is 5.13 Å². The van der Waals surface area contributed by atoms with E-state index in [1.165, 1.54) is 4.88 Å². The Labute approximate surface area is 113 Å². The Morgan fingerprint density at radius 2 is 2.22 bits per heavy atom. The summed E-state index contributed by atoms with van der Waals surface area (Å²) in [5.74, 6) is 0. The van der Waals surface area contributed by atoms with Gasteiger partial charge < -0.3 is 15.0 Å². The fourth-order valence-corrected chi connectivity index (χ4v) is 2.97. The third kappa shape index (κ3) is 3.67. The standard InChI is InChI=1S/C13H23N3OS/c1-10(2)14-8-12-9-15-13(18-12)16(3)11-4-6-17-7-5-11/h9-11,14H,4-8H2,1-3H3. The van der Waals surface area contributed by atoms with Crippen molar-refractivity contribution in [3.8, 4) is 0 Å². The SMILES string of the molecule is CC(C)NCc1cnc(N(C)C2CCOCC2)s1. The first kappa shape index (κ1) is 13.8. The van der Waals surface area contributed by atoms with E-state index in [2.05, 4.69) is 36.1 Å². The number of aromatic nitrogens is 1. The number of anilines is 1. The molecule has 0 radical (unpaired) electrons. The van der Waals surface area contributed by atoms with Gasteiger partial charge in [-0.05, 0) is 12.8 Å². The van der Waals surface area contributed by atoms with Crippen molar-refractivity contribution in [3.05, 3.63) is 11.1 Å². The minimum atomic E-state index is 0.517. The van der Waals surface area contributed by atoms with Crippen LogP contribution in [-0.2, 0) is 11.3 Å². The summed E-state index contributed by atoms with van der Waals surface area (Å²) in [6, 6.07) is 1.10. The van der Waals surface area contributed by atoms with Crippen molar-refractivity contribution in [2.45, 2.75) is 45.3 Å². The van der Waals surface area contributed by atoms with Gasteiger partial charge in [0.25, 0.3) is 0 Å². The van der Waals surface area contributed by atoms with E-state index in [0.717, 1.165) is 37.7 Å². The second-order valence-electron chi connectivity index (χ2n) is 5.10. The van der Waals surface area contributed by atoms with Crippen molar-refractivity contribution in [2.24, 2.45) is 0 Å². The second-order valence-corrected chi connectivity index (χ2v) is 6.19. The number of thiazole rings is 1. The Bertz CT molecular complexity index is 361. The lowest BCUT2D eigenvalue weighted by atomic mass is 10.1. The molecule has 4 nitrogen and oxygen atoms in total. The summed E-state index contributed by atoms with van der Waals surface area (Å²) in [4.78, 5) is 8.15. The summed E-state index contributed by atoms with van der Waals surface area (Å²) in [5, 5.41) is 4.55. The van der Waals surface area contributed by atoms with Gasteiger partial charge in [-0.15, -0.1) is 11.3 Å². The fraction of sp³-hybridized carbons (Fsp3) is 0.769. The number of nitrogens with one attached hydrogen (secondary N) is 1. The first-order valence-electron chi connectivity index (χ1n) is 6.65. The molecule has 102 valence electrons. The summed E-state index contributed by atoms with van der Waals surface area (Å²) in [6.45, 7) is 6.99. The molecule has 0 bridgehead atoms. The maximum atomic E-state index is 5.40. The molecular weight excluding hydrogens is 246 g/mol. The van der Waals surface area contributed by atoms with Gasteiger partial charge in [0, 0.05) is 50.0 Å². The summed E-state index contributed by atoms with van der Waals surface area (Å²) in [7, 11) is 2.15. The van der Waals surface area contributed by atoms with Crippen molar-refractivity contribution < 1.29 is 4.74 Å². The van der Waals surface area contributed by atoms with E-state index in [9.17, 15) is 0 Å². The fourth-order valence-electron chi connectivity index (χ4n) is 2.08. The molecule has 1 saturated heterocycles. The topological polar surface area (TPSA) is 37.4 Å². The van der Waals surface area contributed by atoms with Gasteiger partial charge in [-0.3, -0.25) is 0 Å². The molecular formula is C13H23N3OS. The third-order valence-electron chi connectivity index (χ3n) is 3.27. The highest BCUT2D eigenvalue weighted by Crippen LogP contribution is 2.26. The molecule has 0 spiro atoms. The molecule has 1 fully saturated rings. The van der Waals surface area contributed by atoms with Gasteiger partial charge in [-0.2, -0.15) is 0 Å². The first-order chi connectivity index (χ1) is 8.66. The molecule has 1 N–H and O–H groups in total. The Balaban J connectivity index is 1.91. The molecule has 0 unspecified atom stereocenters. The summed E-state index contributed by atoms with van der Waals surface area (Å²) in [6.07, 6.45) is 4.20. The van der Waals surface area contributed by atoms with Crippen LogP contribution in [0, 0.1) is 0 Å². The van der Waals surface area contributed by atoms with Crippen LogP contribution in [0.1, 0.15) is 31.6 Å². The molecule has 2 rings (SSSR count). The number of nitrogens with zero attached hydrogens (tertiary/aromatic N) is 2. The van der Waals surface area contributed by atoms with Gasteiger partial charge in [0.15, 0.2) is 5.13 Å². The predicted molar refractivity (Wildman–Crippen MR) is 76.3 cm³/mol. The van der Waals surface area contributed by atoms with Crippen molar-refractivity contribution in [3.63, 3.8) is 0 Å². The van der Waals surface area contributed by atoms with Crippen molar-refractivity contribution in [1.29, 1.82) is 0 Å². The zero-order valence-corrected chi connectivity index (χ0v) is 12.3. The van der Waals surface area contributed by atoms with Gasteiger partial charge in [-0.1, -0.05) is 13.8 Å². The lowest BCUT2D eigenvalue weighted by molar-refractivity contribution is 0.0855. The van der Waals surface area contributed by atoms with Crippen LogP contribution in [-0.4, -0.2) is 37.3 Å². The highest BCUT2D eigenvalue weighted by molar-refractivity contribution is 7.15. The van der Waals surface area contributed by atoms with Crippen LogP contribution in [0.3, 0.4) is 0 Å². The molecule has 2 heterocycles. The zero-order valence-electron chi connectivity index (χ0n) is 11.5. The Kier molecular flexibility index (Phi) is 4.97. The Morgan fingerprint density at radius 3 is 2.89 bits per heavy atom. The molecule has 1 aliphatic rings. The van der Waals surface area contributed by atoms with E-state index in [4.69, 9.17) is 4.74 Å². The van der Waals surface area contributed by atoms with Crippen molar-refractivity contribution in [1.82, 2.24) is 10.3 Å². The van der Waals surface area contributed by atoms with E-state index in [1.807, 2.05) is 6.20 Å². The lowest BCUT2D eigenvalue weighted by Crippen LogP contribution is -2.36. The third-order valence-corrected chi connectivity index (χ3v) is 4.35. The van der Waals surface area contributed by atoms with Crippen molar-refractivity contribution >= 4 is 16.5 Å². The monoisotopic (exact) mass is 269 g/mol. The molecule has 1 aromatic rings. The number of hydrogen-bond acceptors (Lipinski definition) is 5. The number of rotatable bonds is 5. The molecule has 0 aliphatic carbocycles. The van der Waals surface area contributed by atoms with Crippen LogP contribution in [0.2, 0.25) is 0 Å². The minimum absolute atomic E-state index is 0.517. The first-order valence-corrected chi connectivity index (χ1v) is 7.47. The van der Waals surface area contributed by atoms with Crippen LogP contribution >= 0.6 is 11.3 Å². The van der Waals surface area contributed by atoms with Gasteiger partial charge >= 0.3 is 0 Å². The van der Waals surface area contributed by atoms with E-state index in [0.29, 0.717) is 12.1 Å². The Morgan fingerprint density at radius 1 is 1.50 bits per heavy atom. The highest BCUT2D eigenvalue weighted by Gasteiger charge is 2.20. The van der Waals surface area contributed by atoms with Gasteiger partial charge in [0.2, 0.25) is 0 Å². The van der Waals surface area contributed by atoms with Crippen LogP contribution in [0.5, 0.6) is 0 Å². The predicted octanol–water partition coefficient (Wildman–Crippen LogP) is 2.26. The van der Waals surface area contributed by atoms with Gasteiger partial charge in [-0.25, -0.2) is 4.98 Å². The molecule has 0 saturated carbocycles. The Hall–Kier alpha value is -0.650. The molecule has 1 aromatic heterocycles. The van der Waals surface area contributed by atoms with Crippen LogP contribution < -0.4 is 10.2 Å². The molecule has 0 atom stereocenters. The number of ether oxygens (including phenoxy) is 1. The van der Waals surface area contributed by atoms with Gasteiger partial charge in [0.05, 0.1) is 0 Å². The maximum absolute atomic E-state index is 5.40. The minimum Gasteiger partial charge on any atom is -0.381 e. The summed E-state index contributed by atoms with van der Waals surface area (Å²) >= 11 is 1.79. The van der Waals surface area contributed by atoms with Gasteiger partial charge in [0.1, 0.15) is 0 Å². The van der Waals surface area contributed by atoms with Crippen LogP contribution in [0.15, 0.2) is 6.20 Å². The maximum Gasteiger partial charge on any atom is 0.185 e.